The summed E-state index contributed by atoms with van der Waals surface area (Å²) in [4.78, 5) is 3.90. The van der Waals surface area contributed by atoms with E-state index in [1.54, 1.807) is 0 Å². The minimum atomic E-state index is -4.28. The molecule has 0 bridgehead atoms. The molecule has 1 fully saturated rings. The first-order chi connectivity index (χ1) is 7.45. The van der Waals surface area contributed by atoms with E-state index in [4.69, 9.17) is 0 Å². The van der Waals surface area contributed by atoms with Crippen molar-refractivity contribution in [1.29, 1.82) is 0 Å². The quantitative estimate of drug-likeness (QED) is 0.767. The Morgan fingerprint density at radius 2 is 2.00 bits per heavy atom. The molecule has 0 radical (unpaired) electrons. The van der Waals surface area contributed by atoms with Gasteiger partial charge in [0.15, 0.2) is 0 Å². The smallest absolute Gasteiger partial charge is 0.261 e. The molecule has 0 amide bonds. The van der Waals surface area contributed by atoms with Gasteiger partial charge in [0.05, 0.1) is 5.56 Å². The minimum Gasteiger partial charge on any atom is -0.261 e. The van der Waals surface area contributed by atoms with Crippen LogP contribution in [0.4, 0.5) is 13.2 Å². The molecule has 0 saturated heterocycles. The molecule has 1 aliphatic rings. The minimum absolute atomic E-state index is 0.326. The van der Waals surface area contributed by atoms with Crippen molar-refractivity contribution in [2.24, 2.45) is 5.41 Å². The highest BCUT2D eigenvalue weighted by molar-refractivity contribution is 5.18. The maximum atomic E-state index is 12.3. The SMILES string of the molecule is CCC1(Cc2ccc(C(F)(F)F)cn2)CC1. The topological polar surface area (TPSA) is 12.9 Å². The van der Waals surface area contributed by atoms with Crippen LogP contribution in [-0.4, -0.2) is 4.98 Å². The second kappa shape index (κ2) is 3.75. The van der Waals surface area contributed by atoms with Crippen LogP contribution in [-0.2, 0) is 12.6 Å². The molecule has 16 heavy (non-hydrogen) atoms. The van der Waals surface area contributed by atoms with E-state index < -0.39 is 11.7 Å². The Morgan fingerprint density at radius 3 is 2.38 bits per heavy atom. The maximum absolute atomic E-state index is 12.3. The molecule has 0 aliphatic heterocycles. The normalized spacial score (nSPS) is 18.5. The third kappa shape index (κ3) is 2.36. The molecule has 1 aromatic rings. The summed E-state index contributed by atoms with van der Waals surface area (Å²) in [7, 11) is 0. The van der Waals surface area contributed by atoms with Crippen LogP contribution in [0.2, 0.25) is 0 Å². The van der Waals surface area contributed by atoms with Gasteiger partial charge in [0.1, 0.15) is 0 Å². The lowest BCUT2D eigenvalue weighted by Gasteiger charge is -2.12. The molecule has 1 aromatic heterocycles. The third-order valence-electron chi connectivity index (χ3n) is 3.42. The molecule has 4 heteroatoms. The molecular formula is C12H14F3N. The predicted octanol–water partition coefficient (Wildman–Crippen LogP) is 3.83. The van der Waals surface area contributed by atoms with E-state index in [0.29, 0.717) is 5.41 Å². The van der Waals surface area contributed by atoms with Crippen LogP contribution < -0.4 is 0 Å². The molecule has 1 aliphatic carbocycles. The Kier molecular flexibility index (Phi) is 2.68. The van der Waals surface area contributed by atoms with Gasteiger partial charge >= 0.3 is 6.18 Å². The summed E-state index contributed by atoms with van der Waals surface area (Å²) in [6, 6.07) is 2.62. The van der Waals surface area contributed by atoms with Crippen LogP contribution >= 0.6 is 0 Å². The largest absolute Gasteiger partial charge is 0.417 e. The van der Waals surface area contributed by atoms with Crippen molar-refractivity contribution in [1.82, 2.24) is 4.98 Å². The van der Waals surface area contributed by atoms with Gasteiger partial charge in [-0.3, -0.25) is 4.98 Å². The van der Waals surface area contributed by atoms with Crippen LogP contribution in [0.3, 0.4) is 0 Å². The second-order valence-electron chi connectivity index (χ2n) is 4.57. The lowest BCUT2D eigenvalue weighted by molar-refractivity contribution is -0.137. The first kappa shape index (κ1) is 11.4. The number of alkyl halides is 3. The Hall–Kier alpha value is -1.06. The van der Waals surface area contributed by atoms with Gasteiger partial charge in [0, 0.05) is 11.9 Å². The van der Waals surface area contributed by atoms with Crippen LogP contribution in [0.5, 0.6) is 0 Å². The van der Waals surface area contributed by atoms with Gasteiger partial charge in [-0.25, -0.2) is 0 Å². The summed E-state index contributed by atoms with van der Waals surface area (Å²) < 4.78 is 36.9. The van der Waals surface area contributed by atoms with Crippen LogP contribution in [0.15, 0.2) is 18.3 Å². The van der Waals surface area contributed by atoms with Crippen molar-refractivity contribution in [3.63, 3.8) is 0 Å². The number of pyridine rings is 1. The van der Waals surface area contributed by atoms with Crippen molar-refractivity contribution in [3.05, 3.63) is 29.6 Å². The van der Waals surface area contributed by atoms with Crippen LogP contribution in [0.25, 0.3) is 0 Å². The average Bonchev–Trinajstić information content (AvgIpc) is 2.98. The Morgan fingerprint density at radius 1 is 1.31 bits per heavy atom. The number of hydrogen-bond donors (Lipinski definition) is 0. The second-order valence-corrected chi connectivity index (χ2v) is 4.57. The Bertz CT molecular complexity index is 363. The lowest BCUT2D eigenvalue weighted by atomic mass is 9.97. The molecule has 0 unspecified atom stereocenters. The summed E-state index contributed by atoms with van der Waals surface area (Å²) >= 11 is 0. The number of aromatic nitrogens is 1. The maximum Gasteiger partial charge on any atom is 0.417 e. The van der Waals surface area contributed by atoms with Crippen molar-refractivity contribution in [2.75, 3.05) is 0 Å². The lowest BCUT2D eigenvalue weighted by Crippen LogP contribution is -2.08. The number of halogens is 3. The fourth-order valence-electron chi connectivity index (χ4n) is 1.91. The van der Waals surface area contributed by atoms with Crippen molar-refractivity contribution in [2.45, 2.75) is 38.8 Å². The highest BCUT2D eigenvalue weighted by Gasteiger charge is 2.41. The summed E-state index contributed by atoms with van der Waals surface area (Å²) in [5, 5.41) is 0. The molecule has 0 aromatic carbocycles. The van der Waals surface area contributed by atoms with Crippen LogP contribution in [0, 0.1) is 5.41 Å². The van der Waals surface area contributed by atoms with E-state index in [-0.39, 0.29) is 0 Å². The number of hydrogen-bond acceptors (Lipinski definition) is 1. The number of rotatable bonds is 3. The third-order valence-corrected chi connectivity index (χ3v) is 3.42. The Labute approximate surface area is 92.7 Å². The van der Waals surface area contributed by atoms with E-state index in [9.17, 15) is 13.2 Å². The fraction of sp³-hybridized carbons (Fsp3) is 0.583. The van der Waals surface area contributed by atoms with Crippen molar-refractivity contribution in [3.8, 4) is 0 Å². The zero-order valence-corrected chi connectivity index (χ0v) is 9.14. The van der Waals surface area contributed by atoms with Gasteiger partial charge in [-0.2, -0.15) is 13.2 Å². The molecule has 2 rings (SSSR count). The zero-order valence-electron chi connectivity index (χ0n) is 9.14. The number of nitrogens with zero attached hydrogens (tertiary/aromatic N) is 1. The van der Waals surface area contributed by atoms with Crippen molar-refractivity contribution < 1.29 is 13.2 Å². The summed E-state index contributed by atoms with van der Waals surface area (Å²) in [6.45, 7) is 2.12. The monoisotopic (exact) mass is 229 g/mol. The molecule has 1 heterocycles. The van der Waals surface area contributed by atoms with E-state index in [0.717, 1.165) is 30.8 Å². The molecule has 1 saturated carbocycles. The first-order valence-electron chi connectivity index (χ1n) is 5.47. The van der Waals surface area contributed by atoms with Gasteiger partial charge in [-0.15, -0.1) is 0 Å². The van der Waals surface area contributed by atoms with Crippen LogP contribution in [0.1, 0.15) is 37.4 Å². The summed E-state index contributed by atoms with van der Waals surface area (Å²) in [5.41, 5.74) is 0.428. The summed E-state index contributed by atoms with van der Waals surface area (Å²) in [5.74, 6) is 0. The predicted molar refractivity (Wildman–Crippen MR) is 54.9 cm³/mol. The molecule has 0 N–H and O–H groups in total. The first-order valence-corrected chi connectivity index (χ1v) is 5.47. The standard InChI is InChI=1S/C12H14F3N/c1-2-11(5-6-11)7-10-4-3-9(8-16-10)12(13,14)15/h3-4,8H,2,5-7H2,1H3. The highest BCUT2D eigenvalue weighted by Crippen LogP contribution is 2.50. The van der Waals surface area contributed by atoms with E-state index in [2.05, 4.69) is 11.9 Å². The van der Waals surface area contributed by atoms with E-state index in [1.165, 1.54) is 18.9 Å². The fourth-order valence-corrected chi connectivity index (χ4v) is 1.91. The molecule has 0 spiro atoms. The van der Waals surface area contributed by atoms with E-state index >= 15 is 0 Å². The highest BCUT2D eigenvalue weighted by atomic mass is 19.4. The van der Waals surface area contributed by atoms with E-state index in [1.807, 2.05) is 0 Å². The summed E-state index contributed by atoms with van der Waals surface area (Å²) in [6.07, 6.45) is 0.879. The average molecular weight is 229 g/mol. The molecule has 88 valence electrons. The molecule has 0 atom stereocenters. The van der Waals surface area contributed by atoms with Crippen molar-refractivity contribution >= 4 is 0 Å². The van der Waals surface area contributed by atoms with Gasteiger partial charge in [0.2, 0.25) is 0 Å². The van der Waals surface area contributed by atoms with Gasteiger partial charge < -0.3 is 0 Å². The van der Waals surface area contributed by atoms with Gasteiger partial charge in [0.25, 0.3) is 0 Å². The zero-order chi connectivity index (χ0) is 11.8. The van der Waals surface area contributed by atoms with Gasteiger partial charge in [-0.05, 0) is 36.8 Å². The molecule has 1 nitrogen and oxygen atoms in total. The molecular weight excluding hydrogens is 215 g/mol. The Balaban J connectivity index is 2.08. The van der Waals surface area contributed by atoms with Gasteiger partial charge in [-0.1, -0.05) is 13.3 Å².